The highest BCUT2D eigenvalue weighted by Crippen LogP contribution is 2.27. The molecule has 0 bridgehead atoms. The predicted molar refractivity (Wildman–Crippen MR) is 300 cm³/mol. The average molecular weight is 1190 g/mol. The fraction of sp³-hybridized carbons (Fsp3) is 0.212. The molecule has 2 aliphatic heterocycles. The van der Waals surface area contributed by atoms with Crippen LogP contribution in [-0.4, -0.2) is 59.9 Å². The van der Waals surface area contributed by atoms with Crippen LogP contribution in [0.25, 0.3) is 0 Å². The van der Waals surface area contributed by atoms with Crippen LogP contribution < -0.4 is 9.47 Å². The number of benzene rings is 6. The van der Waals surface area contributed by atoms with Gasteiger partial charge in [0.2, 0.25) is 0 Å². The third kappa shape index (κ3) is 25.9. The number of para-hydroxylation sites is 1. The molecule has 71 heavy (non-hydrogen) atoms. The van der Waals surface area contributed by atoms with Crippen LogP contribution >= 0.6 is 111 Å². The lowest BCUT2D eigenvalue weighted by atomic mass is 10.0. The molecule has 2 heterocycles. The summed E-state index contributed by atoms with van der Waals surface area (Å²) in [4.78, 5) is 35.3. The van der Waals surface area contributed by atoms with E-state index in [1.807, 2.05) is 36.4 Å². The Labute approximate surface area is 470 Å². The number of halogens is 10. The summed E-state index contributed by atoms with van der Waals surface area (Å²) in [5.41, 5.74) is 1.96. The summed E-state index contributed by atoms with van der Waals surface area (Å²) in [6, 6.07) is 36.8. The second-order valence-electron chi connectivity index (χ2n) is 13.9. The molecular formula is C52H52AlCl10O8+. The number of ketones is 2. The Hall–Kier alpha value is -3.34. The zero-order chi connectivity index (χ0) is 50.7. The summed E-state index contributed by atoms with van der Waals surface area (Å²) in [6.45, 7) is 1.64. The van der Waals surface area contributed by atoms with Gasteiger partial charge in [0.05, 0.1) is 47.2 Å². The van der Waals surface area contributed by atoms with Crippen molar-refractivity contribution < 1.29 is 39.9 Å². The standard InChI is InChI=1S/C18H16Cl2O3.C13H8Cl2O2.C7H3Cl3O.C7H8O.C5H8O.2CH4.Al.3ClH/c19-13-6-9-16(20)15(11-13)18(21)12-4-7-14(8-5-12)23-17-3-1-2-10-22-17;14-9-3-6-12(15)11(7-9)13(17)8-1-4-10(16)5-2-8;8-4-1-2-6(9)5(3-4)7(10)11;1-8-7-5-3-2-4-6-7;1-2-4-6-5-3-1;;;;;;/h4-9,11,17H,1-3,10H2;1-7,16H;1-3H;2-6H,1H3;2,4H,1,3,5H2;2*1H4;;3*1H/q;;;;;;;+3;;;/p-2. The first-order valence-corrected chi connectivity index (χ1v) is 28.5. The highest BCUT2D eigenvalue weighted by atomic mass is 35.8. The smallest absolute Gasteiger partial charge is 0.508 e. The van der Waals surface area contributed by atoms with Gasteiger partial charge in [-0.25, -0.2) is 30.1 Å². The largest absolute Gasteiger partial charge is 1.00 e. The van der Waals surface area contributed by atoms with Crippen molar-refractivity contribution in [1.82, 2.24) is 0 Å². The van der Waals surface area contributed by atoms with Gasteiger partial charge < -0.3 is 24.1 Å². The van der Waals surface area contributed by atoms with E-state index in [9.17, 15) is 14.4 Å². The van der Waals surface area contributed by atoms with Gasteiger partial charge in [-0.2, -0.15) is 0 Å². The number of carbonyl (C=O) groups excluding carboxylic acids is 3. The molecule has 1 N–H and O–H groups in total. The van der Waals surface area contributed by atoms with E-state index in [-0.39, 0.29) is 45.4 Å². The van der Waals surface area contributed by atoms with Gasteiger partial charge >= 0.3 is 12.8 Å². The lowest BCUT2D eigenvalue weighted by molar-refractivity contribution is -0.105. The monoisotopic (exact) mass is 1180 g/mol. The second kappa shape index (κ2) is 36.6. The highest BCUT2D eigenvalue weighted by molar-refractivity contribution is 7.54. The molecule has 8 rings (SSSR count). The summed E-state index contributed by atoms with van der Waals surface area (Å²) < 4.78 is 21.1. The molecule has 19 heteroatoms. The Morgan fingerprint density at radius 2 is 1.07 bits per heavy atom. The van der Waals surface area contributed by atoms with Crippen LogP contribution in [-0.2, 0) is 9.47 Å². The Balaban J connectivity index is 0.000000907. The first-order chi connectivity index (χ1) is 33.0. The highest BCUT2D eigenvalue weighted by Gasteiger charge is 2.17. The van der Waals surface area contributed by atoms with E-state index < -0.39 is 16.6 Å². The number of hydrogen-bond donors (Lipinski definition) is 1. The third-order valence-electron chi connectivity index (χ3n) is 8.94. The van der Waals surface area contributed by atoms with Gasteiger partial charge in [0.15, 0.2) is 17.9 Å². The lowest BCUT2D eigenvalue weighted by Gasteiger charge is -2.23. The van der Waals surface area contributed by atoms with Crippen LogP contribution in [0.2, 0.25) is 30.1 Å². The number of phenols is 1. The van der Waals surface area contributed by atoms with Crippen molar-refractivity contribution in [3.63, 3.8) is 0 Å². The molecule has 6 aromatic rings. The van der Waals surface area contributed by atoms with Gasteiger partial charge in [-0.05, 0) is 159 Å². The topological polar surface area (TPSA) is 108 Å². The minimum atomic E-state index is -1.72. The van der Waals surface area contributed by atoms with Crippen molar-refractivity contribution in [1.29, 1.82) is 0 Å². The minimum absolute atomic E-state index is 0. The Bertz CT molecular complexity index is 2540. The van der Waals surface area contributed by atoms with Crippen molar-refractivity contribution >= 4 is 140 Å². The van der Waals surface area contributed by atoms with E-state index in [4.69, 9.17) is 135 Å². The quantitative estimate of drug-likeness (QED) is 0.0912. The summed E-state index contributed by atoms with van der Waals surface area (Å²) >= 11 is 38.5. The average Bonchev–Trinajstić information content (AvgIpc) is 3.35. The molecule has 0 saturated carbocycles. The van der Waals surface area contributed by atoms with Gasteiger partial charge in [-0.3, -0.25) is 14.4 Å². The third-order valence-corrected chi connectivity index (χ3v) is 10.8. The van der Waals surface area contributed by atoms with Crippen molar-refractivity contribution in [3.05, 3.63) is 204 Å². The number of rotatable bonds is 8. The molecule has 1 unspecified atom stereocenters. The first-order valence-electron chi connectivity index (χ1n) is 20.6. The molecule has 0 aliphatic carbocycles. The van der Waals surface area contributed by atoms with Crippen molar-refractivity contribution in [2.45, 2.75) is 53.2 Å². The Morgan fingerprint density at radius 3 is 1.42 bits per heavy atom. The van der Waals surface area contributed by atoms with Crippen LogP contribution in [0, 0.1) is 0 Å². The predicted octanol–water partition coefficient (Wildman–Crippen LogP) is 18.5. The summed E-state index contributed by atoms with van der Waals surface area (Å²) in [5.74, 6) is 1.31. The van der Waals surface area contributed by atoms with Crippen LogP contribution in [0.1, 0.15) is 90.6 Å². The molecule has 1 fully saturated rings. The van der Waals surface area contributed by atoms with Crippen LogP contribution in [0.3, 0.4) is 0 Å². The van der Waals surface area contributed by atoms with Crippen molar-refractivity contribution in [2.24, 2.45) is 0 Å². The molecule has 0 spiro atoms. The van der Waals surface area contributed by atoms with Crippen molar-refractivity contribution in [3.8, 4) is 17.2 Å². The molecule has 8 nitrogen and oxygen atoms in total. The molecule has 1 saturated heterocycles. The fourth-order valence-electron chi connectivity index (χ4n) is 5.60. The number of carbonyl (C=O) groups is 3. The SMILES string of the molecule is C.C.C1=COCCC1.COc1ccccc1.O=C(Cl)c1cc(Cl)ccc1Cl.O=C(c1ccc(O)cc1)c1cc(Cl)ccc1Cl.O=C(c1ccc(OC2CCCCO2)cc1)c1cc(Cl)ccc1Cl.[Cl][Al]([Cl])[Cl].[H+]. The Morgan fingerprint density at radius 1 is 0.606 bits per heavy atom. The maximum atomic E-state index is 12.5. The van der Waals surface area contributed by atoms with Crippen LogP contribution in [0.4, 0.5) is 0 Å². The van der Waals surface area contributed by atoms with Gasteiger partial charge in [-0.15, -0.1) is 0 Å². The minimum Gasteiger partial charge on any atom is -0.508 e. The summed E-state index contributed by atoms with van der Waals surface area (Å²) in [7, 11) is 16.5. The van der Waals surface area contributed by atoms with E-state index in [1.54, 1.807) is 74.0 Å². The van der Waals surface area contributed by atoms with Crippen molar-refractivity contribution in [2.75, 3.05) is 20.3 Å². The van der Waals surface area contributed by atoms with Crippen LogP contribution in [0.5, 0.6) is 17.2 Å². The molecule has 0 aromatic heterocycles. The number of aromatic hydroxyl groups is 1. The zero-order valence-corrected chi connectivity index (χ0v) is 45.3. The van der Waals surface area contributed by atoms with E-state index in [0.717, 1.165) is 38.2 Å². The van der Waals surface area contributed by atoms with E-state index in [0.29, 0.717) is 58.1 Å². The molecule has 1 atom stereocenters. The number of ether oxygens (including phenoxy) is 4. The maximum absolute atomic E-state index is 12.5. The van der Waals surface area contributed by atoms with Gasteiger partial charge in [0, 0.05) is 43.7 Å². The van der Waals surface area contributed by atoms with E-state index in [2.05, 4.69) is 0 Å². The maximum Gasteiger partial charge on any atom is 1.00 e. The lowest BCUT2D eigenvalue weighted by Crippen LogP contribution is -2.24. The Kier molecular flexibility index (Phi) is 33.8. The van der Waals surface area contributed by atoms with Crippen LogP contribution in [0.15, 0.2) is 146 Å². The molecule has 6 aromatic carbocycles. The van der Waals surface area contributed by atoms with E-state index in [1.165, 1.54) is 55.3 Å². The number of methoxy groups -OCH3 is 1. The molecule has 2 aliphatic rings. The van der Waals surface area contributed by atoms with E-state index >= 15 is 0 Å². The normalized spacial score (nSPS) is 12.7. The van der Waals surface area contributed by atoms with Gasteiger partial charge in [0.25, 0.3) is 5.24 Å². The number of phenolic OH excluding ortho intramolecular Hbond substituents is 1. The fourth-order valence-corrected chi connectivity index (χ4v) is 6.93. The number of hydrogen-bond acceptors (Lipinski definition) is 8. The molecule has 0 amide bonds. The molecular weight excluding hydrogens is 1130 g/mol. The molecule has 0 radical (unpaired) electrons. The zero-order valence-electron chi connectivity index (χ0n) is 37.5. The second-order valence-corrected chi connectivity index (χ2v) is 23.2. The summed E-state index contributed by atoms with van der Waals surface area (Å²) in [6.07, 6.45) is 9.07. The summed E-state index contributed by atoms with van der Waals surface area (Å²) in [5, 5.41) is 11.0. The van der Waals surface area contributed by atoms with Gasteiger partial charge in [0.1, 0.15) is 17.2 Å². The first kappa shape index (κ1) is 65.7. The number of allylic oxidation sites excluding steroid dienone is 1. The molecule has 380 valence electrons. The van der Waals surface area contributed by atoms with Gasteiger partial charge in [-0.1, -0.05) is 103 Å².